The first-order valence-corrected chi connectivity index (χ1v) is 8.34. The zero-order valence-electron chi connectivity index (χ0n) is 14.4. The van der Waals surface area contributed by atoms with E-state index in [2.05, 4.69) is 10.1 Å². The van der Waals surface area contributed by atoms with Gasteiger partial charge in [-0.3, -0.25) is 14.4 Å². The fraction of sp³-hybridized carbons (Fsp3) is 0.316. The molecule has 0 spiro atoms. The van der Waals surface area contributed by atoms with Crippen LogP contribution in [-0.4, -0.2) is 55.5 Å². The van der Waals surface area contributed by atoms with Crippen LogP contribution in [0.2, 0.25) is 0 Å². The number of benzene rings is 2. The van der Waals surface area contributed by atoms with Gasteiger partial charge in [-0.15, -0.1) is 0 Å². The summed E-state index contributed by atoms with van der Waals surface area (Å²) >= 11 is 0. The number of carbonyl (C=O) groups excluding carboxylic acids is 3. The third-order valence-corrected chi connectivity index (χ3v) is 4.32. The van der Waals surface area contributed by atoms with Crippen molar-refractivity contribution in [2.75, 3.05) is 26.8 Å². The topological polar surface area (TPSA) is 84.9 Å². The van der Waals surface area contributed by atoms with E-state index < -0.39 is 12.0 Å². The molecule has 1 saturated heterocycles. The van der Waals surface area contributed by atoms with Crippen molar-refractivity contribution >= 4 is 28.6 Å². The van der Waals surface area contributed by atoms with Crippen LogP contribution < -0.4 is 10.1 Å². The first-order valence-electron chi connectivity index (χ1n) is 8.34. The number of fused-ring (bicyclic) bond motifs is 1. The van der Waals surface area contributed by atoms with Gasteiger partial charge in [-0.25, -0.2) is 0 Å². The van der Waals surface area contributed by atoms with Crippen molar-refractivity contribution in [3.8, 4) is 5.75 Å². The Labute approximate surface area is 150 Å². The molecule has 2 aromatic rings. The van der Waals surface area contributed by atoms with Crippen LogP contribution in [0.1, 0.15) is 6.42 Å². The van der Waals surface area contributed by atoms with Gasteiger partial charge < -0.3 is 19.7 Å². The Morgan fingerprint density at radius 1 is 1.19 bits per heavy atom. The Kier molecular flexibility index (Phi) is 5.36. The van der Waals surface area contributed by atoms with Gasteiger partial charge in [0, 0.05) is 13.1 Å². The van der Waals surface area contributed by atoms with Gasteiger partial charge in [-0.05, 0) is 22.9 Å². The highest BCUT2D eigenvalue weighted by Gasteiger charge is 2.35. The number of amides is 2. The normalized spacial score (nSPS) is 16.9. The summed E-state index contributed by atoms with van der Waals surface area (Å²) in [4.78, 5) is 37.5. The molecular weight excluding hydrogens is 336 g/mol. The summed E-state index contributed by atoms with van der Waals surface area (Å²) < 4.78 is 10.2. The molecule has 26 heavy (non-hydrogen) atoms. The van der Waals surface area contributed by atoms with Crippen LogP contribution in [0, 0.1) is 0 Å². The molecule has 0 unspecified atom stereocenters. The monoisotopic (exact) mass is 356 g/mol. The number of nitrogens with one attached hydrogen (secondary N) is 1. The Bertz CT molecular complexity index is 836. The van der Waals surface area contributed by atoms with Crippen molar-refractivity contribution in [2.24, 2.45) is 0 Å². The zero-order valence-corrected chi connectivity index (χ0v) is 14.4. The van der Waals surface area contributed by atoms with Gasteiger partial charge >= 0.3 is 5.97 Å². The third kappa shape index (κ3) is 3.93. The van der Waals surface area contributed by atoms with E-state index in [0.717, 1.165) is 10.8 Å². The highest BCUT2D eigenvalue weighted by atomic mass is 16.5. The van der Waals surface area contributed by atoms with E-state index in [1.807, 2.05) is 36.4 Å². The van der Waals surface area contributed by atoms with Crippen LogP contribution in [0.3, 0.4) is 0 Å². The van der Waals surface area contributed by atoms with Gasteiger partial charge in [0.2, 0.25) is 5.91 Å². The van der Waals surface area contributed by atoms with Gasteiger partial charge in [0.05, 0.1) is 13.5 Å². The maximum atomic E-state index is 12.5. The van der Waals surface area contributed by atoms with Gasteiger partial charge in [-0.2, -0.15) is 0 Å². The number of carbonyl (C=O) groups is 3. The molecule has 7 nitrogen and oxygen atoms in total. The Morgan fingerprint density at radius 3 is 2.73 bits per heavy atom. The van der Waals surface area contributed by atoms with Gasteiger partial charge in [0.15, 0.2) is 6.61 Å². The largest absolute Gasteiger partial charge is 0.484 e. The van der Waals surface area contributed by atoms with E-state index in [9.17, 15) is 14.4 Å². The van der Waals surface area contributed by atoms with Crippen molar-refractivity contribution in [1.82, 2.24) is 10.2 Å². The Hall–Kier alpha value is -3.09. The molecule has 1 heterocycles. The molecule has 1 atom stereocenters. The lowest BCUT2D eigenvalue weighted by Gasteiger charge is -2.34. The third-order valence-electron chi connectivity index (χ3n) is 4.32. The van der Waals surface area contributed by atoms with Crippen molar-refractivity contribution in [2.45, 2.75) is 12.5 Å². The predicted octanol–water partition coefficient (Wildman–Crippen LogP) is 1.11. The van der Waals surface area contributed by atoms with Crippen molar-refractivity contribution in [3.05, 3.63) is 42.5 Å². The number of rotatable bonds is 5. The van der Waals surface area contributed by atoms with Crippen molar-refractivity contribution < 1.29 is 23.9 Å². The summed E-state index contributed by atoms with van der Waals surface area (Å²) in [6, 6.07) is 12.5. The van der Waals surface area contributed by atoms with E-state index in [1.165, 1.54) is 12.0 Å². The lowest BCUT2D eigenvalue weighted by molar-refractivity contribution is -0.151. The molecule has 136 valence electrons. The highest BCUT2D eigenvalue weighted by Crippen LogP contribution is 2.21. The quantitative estimate of drug-likeness (QED) is 0.811. The van der Waals surface area contributed by atoms with Crippen LogP contribution in [-0.2, 0) is 19.1 Å². The van der Waals surface area contributed by atoms with Crippen LogP contribution >= 0.6 is 0 Å². The first-order chi connectivity index (χ1) is 12.6. The van der Waals surface area contributed by atoms with Crippen LogP contribution in [0.25, 0.3) is 10.8 Å². The molecule has 0 aromatic heterocycles. The lowest BCUT2D eigenvalue weighted by atomic mass is 10.1. The van der Waals surface area contributed by atoms with E-state index >= 15 is 0 Å². The van der Waals surface area contributed by atoms with Gasteiger partial charge in [0.25, 0.3) is 5.91 Å². The molecule has 1 aliphatic rings. The van der Waals surface area contributed by atoms with Crippen molar-refractivity contribution in [1.29, 1.82) is 0 Å². The minimum absolute atomic E-state index is 0.177. The molecule has 2 aromatic carbocycles. The number of nitrogens with zero attached hydrogens (tertiary/aromatic N) is 1. The van der Waals surface area contributed by atoms with E-state index in [4.69, 9.17) is 4.74 Å². The SMILES string of the molecule is COC(=O)C[C@@H]1C(=O)NCCN1C(=O)COc1ccc2ccccc2c1. The number of piperazine rings is 1. The fourth-order valence-electron chi connectivity index (χ4n) is 2.94. The Balaban J connectivity index is 1.66. The molecule has 0 aliphatic carbocycles. The smallest absolute Gasteiger partial charge is 0.308 e. The van der Waals surface area contributed by atoms with Crippen LogP contribution in [0.4, 0.5) is 0 Å². The number of esters is 1. The molecule has 1 N–H and O–H groups in total. The summed E-state index contributed by atoms with van der Waals surface area (Å²) in [7, 11) is 1.25. The average Bonchev–Trinajstić information content (AvgIpc) is 2.67. The second-order valence-corrected chi connectivity index (χ2v) is 5.97. The number of ether oxygens (including phenoxy) is 2. The zero-order chi connectivity index (χ0) is 18.5. The minimum Gasteiger partial charge on any atom is -0.484 e. The summed E-state index contributed by atoms with van der Waals surface area (Å²) in [5.41, 5.74) is 0. The molecule has 7 heteroatoms. The van der Waals surface area contributed by atoms with E-state index in [1.54, 1.807) is 6.07 Å². The molecule has 3 rings (SSSR count). The maximum Gasteiger partial charge on any atom is 0.308 e. The molecule has 0 radical (unpaired) electrons. The number of methoxy groups -OCH3 is 1. The minimum atomic E-state index is -0.871. The summed E-state index contributed by atoms with van der Waals surface area (Å²) in [6.07, 6.45) is -0.177. The maximum absolute atomic E-state index is 12.5. The molecule has 2 amide bonds. The standard InChI is InChI=1S/C19H20N2O5/c1-25-18(23)11-16-19(24)20-8-9-21(16)17(22)12-26-15-7-6-13-4-2-3-5-14(13)10-15/h2-7,10,16H,8-9,11-12H2,1H3,(H,20,24)/t16-/m1/s1. The molecular formula is C19H20N2O5. The summed E-state index contributed by atoms with van der Waals surface area (Å²) in [5.74, 6) is -0.675. The predicted molar refractivity (Wildman–Crippen MR) is 94.6 cm³/mol. The van der Waals surface area contributed by atoms with Gasteiger partial charge in [0.1, 0.15) is 11.8 Å². The molecule has 1 aliphatic heterocycles. The highest BCUT2D eigenvalue weighted by molar-refractivity contribution is 5.92. The second-order valence-electron chi connectivity index (χ2n) is 5.97. The van der Waals surface area contributed by atoms with E-state index in [-0.39, 0.29) is 24.8 Å². The van der Waals surface area contributed by atoms with Crippen LogP contribution in [0.5, 0.6) is 5.75 Å². The lowest BCUT2D eigenvalue weighted by Crippen LogP contribution is -2.58. The fourth-order valence-corrected chi connectivity index (χ4v) is 2.94. The second kappa shape index (κ2) is 7.86. The number of hydrogen-bond donors (Lipinski definition) is 1. The summed E-state index contributed by atoms with van der Waals surface area (Å²) in [5, 5.41) is 4.75. The Morgan fingerprint density at radius 2 is 1.96 bits per heavy atom. The average molecular weight is 356 g/mol. The first kappa shape index (κ1) is 17.7. The molecule has 1 fully saturated rings. The number of hydrogen-bond acceptors (Lipinski definition) is 5. The van der Waals surface area contributed by atoms with Gasteiger partial charge in [-0.1, -0.05) is 30.3 Å². The molecule has 0 bridgehead atoms. The van der Waals surface area contributed by atoms with Crippen LogP contribution in [0.15, 0.2) is 42.5 Å². The summed E-state index contributed by atoms with van der Waals surface area (Å²) in [6.45, 7) is 0.467. The van der Waals surface area contributed by atoms with Crippen molar-refractivity contribution in [3.63, 3.8) is 0 Å². The van der Waals surface area contributed by atoms with E-state index in [0.29, 0.717) is 18.8 Å². The molecule has 0 saturated carbocycles.